The van der Waals surface area contributed by atoms with Gasteiger partial charge in [0.2, 0.25) is 5.95 Å². The van der Waals surface area contributed by atoms with E-state index >= 15 is 0 Å². The number of aryl methyl sites for hydroxylation is 2. The molecule has 0 saturated carbocycles. The van der Waals surface area contributed by atoms with Crippen LogP contribution in [0.2, 0.25) is 0 Å². The number of nitrogens with zero attached hydrogens (tertiary/aromatic N) is 4. The average molecular weight is 351 g/mol. The molecule has 0 saturated heterocycles. The van der Waals surface area contributed by atoms with Gasteiger partial charge in [0.25, 0.3) is 0 Å². The first-order chi connectivity index (χ1) is 12.5. The fourth-order valence-corrected chi connectivity index (χ4v) is 2.76. The van der Waals surface area contributed by atoms with Crippen molar-refractivity contribution >= 4 is 12.0 Å². The SMILES string of the molecule is COC(=O)Nc1nc(C)cc(-c2nn(C)c(C)c2Cc2ccccc2)n1. The summed E-state index contributed by atoms with van der Waals surface area (Å²) < 4.78 is 6.46. The number of methoxy groups -OCH3 is 1. The summed E-state index contributed by atoms with van der Waals surface area (Å²) in [4.78, 5) is 20.2. The molecule has 3 aromatic rings. The zero-order valence-corrected chi connectivity index (χ0v) is 15.3. The van der Waals surface area contributed by atoms with Gasteiger partial charge in [-0.1, -0.05) is 30.3 Å². The lowest BCUT2D eigenvalue weighted by molar-refractivity contribution is 0.186. The van der Waals surface area contributed by atoms with Crippen molar-refractivity contribution in [3.8, 4) is 11.4 Å². The summed E-state index contributed by atoms with van der Waals surface area (Å²) in [5, 5.41) is 7.16. The van der Waals surface area contributed by atoms with E-state index < -0.39 is 6.09 Å². The van der Waals surface area contributed by atoms with Crippen LogP contribution in [0.1, 0.15) is 22.5 Å². The van der Waals surface area contributed by atoms with Gasteiger partial charge < -0.3 is 4.74 Å². The smallest absolute Gasteiger partial charge is 0.413 e. The summed E-state index contributed by atoms with van der Waals surface area (Å²) in [6.07, 6.45) is 0.141. The topological polar surface area (TPSA) is 81.9 Å². The number of amides is 1. The van der Waals surface area contributed by atoms with Crippen LogP contribution in [0.15, 0.2) is 36.4 Å². The van der Waals surface area contributed by atoms with E-state index in [-0.39, 0.29) is 5.95 Å². The molecule has 2 heterocycles. The van der Waals surface area contributed by atoms with Crippen LogP contribution in [0.4, 0.5) is 10.7 Å². The van der Waals surface area contributed by atoms with Crippen LogP contribution < -0.4 is 5.32 Å². The summed E-state index contributed by atoms with van der Waals surface area (Å²) in [5.41, 5.74) is 5.55. The van der Waals surface area contributed by atoms with E-state index in [2.05, 4.69) is 37.3 Å². The maximum atomic E-state index is 11.5. The lowest BCUT2D eigenvalue weighted by Gasteiger charge is -2.07. The Morgan fingerprint density at radius 1 is 1.19 bits per heavy atom. The van der Waals surface area contributed by atoms with Crippen LogP contribution in [0.25, 0.3) is 11.4 Å². The quantitative estimate of drug-likeness (QED) is 0.780. The first kappa shape index (κ1) is 17.6. The second-order valence-electron chi connectivity index (χ2n) is 6.03. The van der Waals surface area contributed by atoms with Gasteiger partial charge in [-0.05, 0) is 25.5 Å². The van der Waals surface area contributed by atoms with Crippen LogP contribution in [-0.2, 0) is 18.2 Å². The molecule has 0 aliphatic carbocycles. The monoisotopic (exact) mass is 351 g/mol. The van der Waals surface area contributed by atoms with Crippen LogP contribution >= 0.6 is 0 Å². The molecule has 0 unspecified atom stereocenters. The van der Waals surface area contributed by atoms with Gasteiger partial charge in [-0.25, -0.2) is 14.8 Å². The van der Waals surface area contributed by atoms with Crippen molar-refractivity contribution < 1.29 is 9.53 Å². The minimum atomic E-state index is -0.608. The Hall–Kier alpha value is -3.22. The summed E-state index contributed by atoms with van der Waals surface area (Å²) >= 11 is 0. The van der Waals surface area contributed by atoms with Crippen molar-refractivity contribution in [2.24, 2.45) is 7.05 Å². The number of nitrogens with one attached hydrogen (secondary N) is 1. The molecule has 0 atom stereocenters. The minimum Gasteiger partial charge on any atom is -0.453 e. The van der Waals surface area contributed by atoms with Gasteiger partial charge in [-0.2, -0.15) is 5.10 Å². The van der Waals surface area contributed by atoms with E-state index in [1.807, 2.05) is 49.8 Å². The van der Waals surface area contributed by atoms with E-state index in [1.165, 1.54) is 12.7 Å². The van der Waals surface area contributed by atoms with Gasteiger partial charge in [0.05, 0.1) is 12.8 Å². The fraction of sp³-hybridized carbons (Fsp3) is 0.263. The van der Waals surface area contributed by atoms with E-state index in [0.717, 1.165) is 29.1 Å². The summed E-state index contributed by atoms with van der Waals surface area (Å²) in [7, 11) is 3.21. The molecule has 7 heteroatoms. The lowest BCUT2D eigenvalue weighted by Crippen LogP contribution is -2.14. The maximum Gasteiger partial charge on any atom is 0.413 e. The second-order valence-corrected chi connectivity index (χ2v) is 6.03. The minimum absolute atomic E-state index is 0.195. The third-order valence-corrected chi connectivity index (χ3v) is 4.18. The highest BCUT2D eigenvalue weighted by molar-refractivity contribution is 5.82. The first-order valence-corrected chi connectivity index (χ1v) is 8.25. The van der Waals surface area contributed by atoms with Gasteiger partial charge in [0.15, 0.2) is 0 Å². The van der Waals surface area contributed by atoms with E-state index in [4.69, 9.17) is 0 Å². The van der Waals surface area contributed by atoms with Crippen LogP contribution in [0, 0.1) is 13.8 Å². The summed E-state index contributed by atoms with van der Waals surface area (Å²) in [6, 6.07) is 12.1. The van der Waals surface area contributed by atoms with Crippen molar-refractivity contribution in [2.45, 2.75) is 20.3 Å². The molecule has 26 heavy (non-hydrogen) atoms. The zero-order valence-electron chi connectivity index (χ0n) is 15.3. The number of hydrogen-bond acceptors (Lipinski definition) is 5. The molecular formula is C19H21N5O2. The van der Waals surface area contributed by atoms with Gasteiger partial charge in [0.1, 0.15) is 5.69 Å². The molecule has 0 bridgehead atoms. The molecule has 134 valence electrons. The van der Waals surface area contributed by atoms with E-state index in [0.29, 0.717) is 5.69 Å². The highest BCUT2D eigenvalue weighted by Crippen LogP contribution is 2.27. The van der Waals surface area contributed by atoms with Crippen LogP contribution in [0.3, 0.4) is 0 Å². The third-order valence-electron chi connectivity index (χ3n) is 4.18. The highest BCUT2D eigenvalue weighted by atomic mass is 16.5. The number of benzene rings is 1. The van der Waals surface area contributed by atoms with E-state index in [9.17, 15) is 4.79 Å². The highest BCUT2D eigenvalue weighted by Gasteiger charge is 2.18. The molecule has 0 radical (unpaired) electrons. The number of aromatic nitrogens is 4. The molecule has 1 amide bonds. The number of anilines is 1. The van der Waals surface area contributed by atoms with Crippen molar-refractivity contribution in [1.29, 1.82) is 0 Å². The zero-order chi connectivity index (χ0) is 18.7. The Bertz CT molecular complexity index is 935. The molecule has 3 rings (SSSR count). The Morgan fingerprint density at radius 3 is 2.62 bits per heavy atom. The molecule has 1 aromatic carbocycles. The van der Waals surface area contributed by atoms with Crippen LogP contribution in [-0.4, -0.2) is 33.0 Å². The van der Waals surface area contributed by atoms with Crippen molar-refractivity contribution in [2.75, 3.05) is 12.4 Å². The fourth-order valence-electron chi connectivity index (χ4n) is 2.76. The largest absolute Gasteiger partial charge is 0.453 e. The number of hydrogen-bond donors (Lipinski definition) is 1. The van der Waals surface area contributed by atoms with E-state index in [1.54, 1.807) is 0 Å². The molecule has 1 N–H and O–H groups in total. The predicted octanol–water partition coefficient (Wildman–Crippen LogP) is 3.26. The summed E-state index contributed by atoms with van der Waals surface area (Å²) in [6.45, 7) is 3.89. The lowest BCUT2D eigenvalue weighted by atomic mass is 10.0. The van der Waals surface area contributed by atoms with Crippen molar-refractivity contribution in [3.05, 3.63) is 58.9 Å². The Kier molecular flexibility index (Phi) is 4.97. The van der Waals surface area contributed by atoms with Crippen molar-refractivity contribution in [1.82, 2.24) is 19.7 Å². The van der Waals surface area contributed by atoms with Crippen LogP contribution in [0.5, 0.6) is 0 Å². The Morgan fingerprint density at radius 2 is 1.92 bits per heavy atom. The Balaban J connectivity index is 2.04. The molecular weight excluding hydrogens is 330 g/mol. The van der Waals surface area contributed by atoms with Gasteiger partial charge in [0, 0.05) is 30.4 Å². The third kappa shape index (κ3) is 3.72. The molecule has 2 aromatic heterocycles. The average Bonchev–Trinajstić information content (AvgIpc) is 2.90. The molecule has 0 spiro atoms. The number of carbonyl (C=O) groups excluding carboxylic acids is 1. The molecule has 0 aliphatic rings. The molecule has 0 aliphatic heterocycles. The standard InChI is InChI=1S/C19H21N5O2/c1-12-10-16(21-18(20-12)22-19(25)26-4)17-15(13(2)24(3)23-17)11-14-8-6-5-7-9-14/h5-10H,11H2,1-4H3,(H,20,21,22,25). The summed E-state index contributed by atoms with van der Waals surface area (Å²) in [5.74, 6) is 0.195. The Labute approximate surface area is 152 Å². The van der Waals surface area contributed by atoms with Crippen molar-refractivity contribution in [3.63, 3.8) is 0 Å². The normalized spacial score (nSPS) is 10.6. The number of ether oxygens (including phenoxy) is 1. The number of rotatable bonds is 4. The van der Waals surface area contributed by atoms with Gasteiger partial charge in [-0.3, -0.25) is 10.00 Å². The van der Waals surface area contributed by atoms with Gasteiger partial charge in [-0.15, -0.1) is 0 Å². The van der Waals surface area contributed by atoms with Gasteiger partial charge >= 0.3 is 6.09 Å². The number of carbonyl (C=O) groups is 1. The molecule has 0 fully saturated rings. The second kappa shape index (κ2) is 7.35. The first-order valence-electron chi connectivity index (χ1n) is 8.25. The molecule has 7 nitrogen and oxygen atoms in total. The predicted molar refractivity (Wildman–Crippen MR) is 99.0 cm³/mol. The maximum absolute atomic E-state index is 11.5.